The molecular formula is C30H36F3N7O2. The third-order valence-corrected chi connectivity index (χ3v) is 6.96. The Kier molecular flexibility index (Phi) is 10.00. The number of halogens is 3. The summed E-state index contributed by atoms with van der Waals surface area (Å²) in [6, 6.07) is 11.6. The topological polar surface area (TPSA) is 120 Å². The summed E-state index contributed by atoms with van der Waals surface area (Å²) in [6.07, 6.45) is 4.25. The van der Waals surface area contributed by atoms with Crippen LogP contribution in [0, 0.1) is 0 Å². The van der Waals surface area contributed by atoms with Gasteiger partial charge in [-0.1, -0.05) is 38.3 Å². The highest BCUT2D eigenvalue weighted by Crippen LogP contribution is 2.29. The van der Waals surface area contributed by atoms with Crippen LogP contribution >= 0.6 is 0 Å². The van der Waals surface area contributed by atoms with E-state index in [1.54, 1.807) is 37.1 Å². The average molecular weight is 584 g/mol. The number of anilines is 2. The van der Waals surface area contributed by atoms with E-state index in [1.165, 1.54) is 50.3 Å². The summed E-state index contributed by atoms with van der Waals surface area (Å²) in [5.74, 6) is 0.0763. The van der Waals surface area contributed by atoms with Gasteiger partial charge in [-0.05, 0) is 54.7 Å². The molecule has 1 amide bonds. The van der Waals surface area contributed by atoms with Crippen molar-refractivity contribution in [2.45, 2.75) is 64.3 Å². The molecule has 0 bridgehead atoms. The van der Waals surface area contributed by atoms with Gasteiger partial charge < -0.3 is 21.1 Å². The fourth-order valence-electron chi connectivity index (χ4n) is 4.91. The van der Waals surface area contributed by atoms with Gasteiger partial charge in [0.05, 0.1) is 17.6 Å². The number of benzene rings is 2. The lowest BCUT2D eigenvalue weighted by molar-refractivity contribution is -0.274. The predicted octanol–water partition coefficient (Wildman–Crippen LogP) is 5.99. The molecule has 42 heavy (non-hydrogen) atoms. The quantitative estimate of drug-likeness (QED) is 0.244. The van der Waals surface area contributed by atoms with Crippen molar-refractivity contribution in [1.82, 2.24) is 19.7 Å². The van der Waals surface area contributed by atoms with Crippen LogP contribution in [0.15, 0.2) is 48.7 Å². The Morgan fingerprint density at radius 3 is 2.55 bits per heavy atom. The van der Waals surface area contributed by atoms with Crippen molar-refractivity contribution < 1.29 is 22.7 Å². The summed E-state index contributed by atoms with van der Waals surface area (Å²) in [4.78, 5) is 21.4. The van der Waals surface area contributed by atoms with E-state index in [0.29, 0.717) is 23.4 Å². The van der Waals surface area contributed by atoms with Crippen molar-refractivity contribution in [2.75, 3.05) is 17.7 Å². The maximum atomic E-state index is 12.5. The van der Waals surface area contributed by atoms with Gasteiger partial charge in [0, 0.05) is 43.4 Å². The zero-order valence-electron chi connectivity index (χ0n) is 24.0. The van der Waals surface area contributed by atoms with E-state index < -0.39 is 12.3 Å². The number of carbonyl (C=O) groups is 1. The van der Waals surface area contributed by atoms with Crippen LogP contribution in [-0.2, 0) is 24.7 Å². The molecule has 0 saturated heterocycles. The summed E-state index contributed by atoms with van der Waals surface area (Å²) >= 11 is 0. The fraction of sp³-hybridized carbons (Fsp3) is 0.400. The number of rotatable bonds is 7. The van der Waals surface area contributed by atoms with Crippen molar-refractivity contribution in [1.29, 1.82) is 0 Å². The second-order valence-corrected chi connectivity index (χ2v) is 10.2. The van der Waals surface area contributed by atoms with E-state index in [4.69, 9.17) is 5.73 Å². The number of hydrogen-bond acceptors (Lipinski definition) is 7. The van der Waals surface area contributed by atoms with Crippen LogP contribution < -0.4 is 21.1 Å². The van der Waals surface area contributed by atoms with Crippen LogP contribution in [0.4, 0.5) is 24.9 Å². The van der Waals surface area contributed by atoms with Gasteiger partial charge in [-0.2, -0.15) is 5.10 Å². The highest BCUT2D eigenvalue weighted by Gasteiger charge is 2.31. The van der Waals surface area contributed by atoms with Gasteiger partial charge in [-0.25, -0.2) is 9.97 Å². The molecule has 2 heterocycles. The van der Waals surface area contributed by atoms with Crippen molar-refractivity contribution in [3.8, 4) is 17.0 Å². The maximum Gasteiger partial charge on any atom is 0.573 e. The van der Waals surface area contributed by atoms with Gasteiger partial charge in [0.15, 0.2) is 5.82 Å². The summed E-state index contributed by atoms with van der Waals surface area (Å²) < 4.78 is 42.9. The molecule has 1 aliphatic rings. The van der Waals surface area contributed by atoms with Crippen LogP contribution in [0.1, 0.15) is 50.2 Å². The van der Waals surface area contributed by atoms with Gasteiger partial charge in [0.25, 0.3) is 0 Å². The first kappa shape index (κ1) is 30.8. The Bertz CT molecular complexity index is 1510. The monoisotopic (exact) mass is 583 g/mol. The number of nitrogens with one attached hydrogen (secondary N) is 2. The first-order valence-electron chi connectivity index (χ1n) is 14.0. The predicted molar refractivity (Wildman–Crippen MR) is 157 cm³/mol. The Balaban J connectivity index is 0.000000507. The van der Waals surface area contributed by atoms with Crippen LogP contribution in [0.5, 0.6) is 5.75 Å². The van der Waals surface area contributed by atoms with E-state index in [1.807, 2.05) is 19.1 Å². The highest BCUT2D eigenvalue weighted by molar-refractivity contribution is 5.92. The van der Waals surface area contributed by atoms with Gasteiger partial charge in [0.2, 0.25) is 11.9 Å². The van der Waals surface area contributed by atoms with Crippen molar-refractivity contribution in [3.63, 3.8) is 0 Å². The maximum absolute atomic E-state index is 12.5. The molecule has 0 unspecified atom stereocenters. The van der Waals surface area contributed by atoms with Crippen LogP contribution in [-0.4, -0.2) is 45.1 Å². The Morgan fingerprint density at radius 1 is 1.14 bits per heavy atom. The largest absolute Gasteiger partial charge is 0.573 e. The Labute approximate surface area is 242 Å². The molecule has 1 aliphatic carbocycles. The average Bonchev–Trinajstić information content (AvgIpc) is 3.31. The lowest BCUT2D eigenvalue weighted by Gasteiger charge is -2.15. The molecule has 4 aromatic rings. The number of fused-ring (bicyclic) bond motifs is 1. The van der Waals surface area contributed by atoms with Crippen molar-refractivity contribution >= 4 is 28.6 Å². The molecule has 0 atom stereocenters. The first-order chi connectivity index (χ1) is 20.0. The number of nitrogens with two attached hydrogens (primary N) is 1. The number of carbonyl (C=O) groups excluding carboxylic acids is 1. The summed E-state index contributed by atoms with van der Waals surface area (Å²) in [6.45, 7) is 2.04. The molecule has 0 spiro atoms. The molecule has 0 radical (unpaired) electrons. The van der Waals surface area contributed by atoms with E-state index in [-0.39, 0.29) is 12.2 Å². The molecule has 1 saturated carbocycles. The normalized spacial score (nSPS) is 13.8. The highest BCUT2D eigenvalue weighted by atomic mass is 19.4. The summed E-state index contributed by atoms with van der Waals surface area (Å²) in [7, 11) is 3.53. The molecule has 5 rings (SSSR count). The van der Waals surface area contributed by atoms with E-state index in [2.05, 4.69) is 30.4 Å². The van der Waals surface area contributed by atoms with E-state index in [9.17, 15) is 18.0 Å². The van der Waals surface area contributed by atoms with Gasteiger partial charge in [-0.15, -0.1) is 13.2 Å². The van der Waals surface area contributed by atoms with Gasteiger partial charge in [-0.3, -0.25) is 9.48 Å². The Hall–Kier alpha value is -4.19. The SMILES string of the molecule is CCc1cc(-c2cc(NC(=O)Cc3cccc(OC(F)(F)F)c3)nn2C)cc2cnc(NC)nc12.NC1CCCCC1. The second-order valence-electron chi connectivity index (χ2n) is 10.2. The van der Waals surface area contributed by atoms with E-state index in [0.717, 1.165) is 34.1 Å². The third kappa shape index (κ3) is 8.41. The molecular weight excluding hydrogens is 547 g/mol. The van der Waals surface area contributed by atoms with Crippen LogP contribution in [0.2, 0.25) is 0 Å². The lowest BCUT2D eigenvalue weighted by Crippen LogP contribution is -2.22. The molecule has 1 fully saturated rings. The van der Waals surface area contributed by atoms with Crippen LogP contribution in [0.25, 0.3) is 22.2 Å². The second kappa shape index (κ2) is 13.6. The number of nitrogens with zero attached hydrogens (tertiary/aromatic N) is 4. The molecule has 9 nitrogen and oxygen atoms in total. The third-order valence-electron chi connectivity index (χ3n) is 6.96. The molecule has 2 aromatic carbocycles. The number of ether oxygens (including phenoxy) is 1. The first-order valence-corrected chi connectivity index (χ1v) is 14.0. The van der Waals surface area contributed by atoms with Gasteiger partial charge >= 0.3 is 6.36 Å². The number of hydrogen-bond donors (Lipinski definition) is 3. The Morgan fingerprint density at radius 2 is 1.90 bits per heavy atom. The smallest absolute Gasteiger partial charge is 0.406 e. The lowest BCUT2D eigenvalue weighted by atomic mass is 9.97. The molecule has 4 N–H and O–H groups in total. The minimum absolute atomic E-state index is 0.137. The number of aryl methyl sites for hydroxylation is 2. The number of alkyl halides is 3. The standard InChI is InChI=1S/C24H23F3N6O2.C6H13N/c1-4-15-10-16(11-17-13-29-23(28-2)31-22(15)17)19-12-20(32-33(19)3)30-21(34)9-14-6-5-7-18(8-14)35-24(25,26)27;7-6-4-2-1-3-5-6/h5-8,10-13H,4,9H2,1-3H3,(H,28,29,31)(H,30,32,34);6H,1-5,7H2. The molecule has 12 heteroatoms. The van der Waals surface area contributed by atoms with Gasteiger partial charge in [0.1, 0.15) is 5.75 Å². The number of amides is 1. The summed E-state index contributed by atoms with van der Waals surface area (Å²) in [5, 5.41) is 10.9. The summed E-state index contributed by atoms with van der Waals surface area (Å²) in [5.41, 5.74) is 9.59. The number of aromatic nitrogens is 4. The molecule has 0 aliphatic heterocycles. The fourth-order valence-corrected chi connectivity index (χ4v) is 4.91. The van der Waals surface area contributed by atoms with Crippen LogP contribution in [0.3, 0.4) is 0 Å². The van der Waals surface area contributed by atoms with E-state index >= 15 is 0 Å². The minimum atomic E-state index is -4.80. The van der Waals surface area contributed by atoms with Crippen molar-refractivity contribution in [3.05, 3.63) is 59.8 Å². The zero-order valence-corrected chi connectivity index (χ0v) is 24.0. The molecule has 2 aromatic heterocycles. The van der Waals surface area contributed by atoms with Crippen molar-refractivity contribution in [2.24, 2.45) is 12.8 Å². The minimum Gasteiger partial charge on any atom is -0.406 e. The zero-order chi connectivity index (χ0) is 30.3. The molecule has 224 valence electrons.